The molecule has 2 aromatic rings. The number of hydrogen-bond donors (Lipinski definition) is 1. The molecule has 8 heteroatoms. The van der Waals surface area contributed by atoms with Crippen LogP contribution in [0.2, 0.25) is 0 Å². The first-order chi connectivity index (χ1) is 13.4. The summed E-state index contributed by atoms with van der Waals surface area (Å²) in [6, 6.07) is 15.9. The van der Waals surface area contributed by atoms with Crippen molar-refractivity contribution >= 4 is 29.3 Å². The molecule has 1 atom stereocenters. The molecule has 0 saturated heterocycles. The highest BCUT2D eigenvalue weighted by Crippen LogP contribution is 2.21. The third kappa shape index (κ3) is 7.79. The standard InChI is InChI=1S/C20H22N2O5S/c1-15(7-8-16-5-3-2-4-6-16)21-19(23)13-27-20(24)14-28-18-11-9-17(10-12-18)22(25)26/h2-6,9-12,15H,7-8,13-14H2,1H3,(H,21,23)/t15-/m1/s1. The first kappa shape index (κ1) is 21.4. The van der Waals surface area contributed by atoms with Gasteiger partial charge in [0.25, 0.3) is 11.6 Å². The number of non-ortho nitro benzene ring substituents is 1. The SMILES string of the molecule is C[C@H](CCc1ccccc1)NC(=O)COC(=O)CSc1ccc([N+](=O)[O-])cc1. The summed E-state index contributed by atoms with van der Waals surface area (Å²) in [5, 5.41) is 13.4. The van der Waals surface area contributed by atoms with Gasteiger partial charge in [-0.05, 0) is 37.5 Å². The molecule has 2 rings (SSSR count). The maximum absolute atomic E-state index is 11.9. The Morgan fingerprint density at radius 3 is 2.46 bits per heavy atom. The van der Waals surface area contributed by atoms with E-state index in [-0.39, 0.29) is 30.0 Å². The van der Waals surface area contributed by atoms with E-state index in [1.807, 2.05) is 37.3 Å². The Morgan fingerprint density at radius 2 is 1.82 bits per heavy atom. The van der Waals surface area contributed by atoms with E-state index in [0.29, 0.717) is 4.90 Å². The smallest absolute Gasteiger partial charge is 0.316 e. The molecular formula is C20H22N2O5S. The van der Waals surface area contributed by atoms with Gasteiger partial charge in [0.05, 0.1) is 10.7 Å². The number of thioether (sulfide) groups is 1. The van der Waals surface area contributed by atoms with Gasteiger partial charge in [0.2, 0.25) is 0 Å². The molecule has 0 saturated carbocycles. The molecule has 0 aromatic heterocycles. The summed E-state index contributed by atoms with van der Waals surface area (Å²) in [7, 11) is 0. The van der Waals surface area contributed by atoms with Gasteiger partial charge in [0.15, 0.2) is 6.61 Å². The van der Waals surface area contributed by atoms with E-state index in [0.717, 1.165) is 12.8 Å². The minimum Gasteiger partial charge on any atom is -0.455 e. The average Bonchev–Trinajstić information content (AvgIpc) is 2.70. The second kappa shape index (κ2) is 11.1. The quantitative estimate of drug-likeness (QED) is 0.283. The molecule has 0 fully saturated rings. The number of aryl methyl sites for hydroxylation is 1. The highest BCUT2D eigenvalue weighted by Gasteiger charge is 2.12. The molecule has 28 heavy (non-hydrogen) atoms. The third-order valence-electron chi connectivity index (χ3n) is 3.88. The molecule has 0 aliphatic carbocycles. The van der Waals surface area contributed by atoms with Crippen molar-refractivity contribution in [1.29, 1.82) is 0 Å². The van der Waals surface area contributed by atoms with Crippen molar-refractivity contribution in [2.45, 2.75) is 30.7 Å². The molecule has 1 amide bonds. The van der Waals surface area contributed by atoms with E-state index < -0.39 is 10.9 Å². The number of hydrogen-bond acceptors (Lipinski definition) is 6. The van der Waals surface area contributed by atoms with Crippen molar-refractivity contribution in [2.75, 3.05) is 12.4 Å². The Morgan fingerprint density at radius 1 is 1.14 bits per heavy atom. The van der Waals surface area contributed by atoms with Crippen LogP contribution in [0, 0.1) is 10.1 Å². The molecule has 0 spiro atoms. The van der Waals surface area contributed by atoms with Crippen molar-refractivity contribution in [2.24, 2.45) is 0 Å². The molecule has 0 aliphatic rings. The number of nitrogens with zero attached hydrogens (tertiary/aromatic N) is 1. The van der Waals surface area contributed by atoms with Gasteiger partial charge in [-0.2, -0.15) is 0 Å². The second-order valence-electron chi connectivity index (χ2n) is 6.19. The summed E-state index contributed by atoms with van der Waals surface area (Å²) in [5.74, 6) is -0.834. The van der Waals surface area contributed by atoms with Crippen LogP contribution in [0.15, 0.2) is 59.5 Å². The van der Waals surface area contributed by atoms with Crippen LogP contribution in [0.4, 0.5) is 5.69 Å². The molecule has 7 nitrogen and oxygen atoms in total. The zero-order valence-electron chi connectivity index (χ0n) is 15.5. The molecule has 0 bridgehead atoms. The molecule has 1 N–H and O–H groups in total. The van der Waals surface area contributed by atoms with E-state index in [2.05, 4.69) is 5.32 Å². The Kier molecular flexibility index (Phi) is 8.48. The number of benzene rings is 2. The van der Waals surface area contributed by atoms with Gasteiger partial charge in [0, 0.05) is 23.1 Å². The molecule has 0 radical (unpaired) electrons. The minimum atomic E-state index is -0.518. The number of nitro groups is 1. The van der Waals surface area contributed by atoms with Gasteiger partial charge < -0.3 is 10.1 Å². The van der Waals surface area contributed by atoms with Crippen LogP contribution in [0.25, 0.3) is 0 Å². The molecule has 0 heterocycles. The zero-order chi connectivity index (χ0) is 20.4. The Hall–Kier alpha value is -2.87. The normalized spacial score (nSPS) is 11.5. The average molecular weight is 402 g/mol. The first-order valence-corrected chi connectivity index (χ1v) is 9.79. The number of amides is 1. The van der Waals surface area contributed by atoms with Gasteiger partial charge in [0.1, 0.15) is 0 Å². The predicted octanol–water partition coefficient (Wildman–Crippen LogP) is 3.37. The van der Waals surface area contributed by atoms with Gasteiger partial charge in [-0.25, -0.2) is 0 Å². The van der Waals surface area contributed by atoms with Crippen molar-refractivity contribution in [3.8, 4) is 0 Å². The van der Waals surface area contributed by atoms with Crippen molar-refractivity contribution in [3.63, 3.8) is 0 Å². The molecule has 2 aromatic carbocycles. The maximum atomic E-state index is 11.9. The Balaban J connectivity index is 1.63. The van der Waals surface area contributed by atoms with Crippen LogP contribution in [-0.4, -0.2) is 35.2 Å². The van der Waals surface area contributed by atoms with E-state index >= 15 is 0 Å². The zero-order valence-corrected chi connectivity index (χ0v) is 16.3. The van der Waals surface area contributed by atoms with Gasteiger partial charge in [-0.15, -0.1) is 11.8 Å². The van der Waals surface area contributed by atoms with Crippen LogP contribution in [-0.2, 0) is 20.7 Å². The summed E-state index contributed by atoms with van der Waals surface area (Å²) in [5.41, 5.74) is 1.20. The number of rotatable bonds is 10. The van der Waals surface area contributed by atoms with Crippen LogP contribution >= 0.6 is 11.8 Å². The second-order valence-corrected chi connectivity index (χ2v) is 7.24. The lowest BCUT2D eigenvalue weighted by molar-refractivity contribution is -0.384. The van der Waals surface area contributed by atoms with Gasteiger partial charge in [-0.1, -0.05) is 30.3 Å². The fourth-order valence-electron chi connectivity index (χ4n) is 2.41. The van der Waals surface area contributed by atoms with Crippen molar-refractivity contribution in [1.82, 2.24) is 5.32 Å². The number of nitrogens with one attached hydrogen (secondary N) is 1. The van der Waals surface area contributed by atoms with E-state index in [1.165, 1.54) is 29.5 Å². The summed E-state index contributed by atoms with van der Waals surface area (Å²) in [4.78, 5) is 34.5. The Labute approximate surface area is 167 Å². The number of ether oxygens (including phenoxy) is 1. The minimum absolute atomic E-state index is 0.00928. The van der Waals surface area contributed by atoms with Crippen molar-refractivity contribution < 1.29 is 19.2 Å². The third-order valence-corrected chi connectivity index (χ3v) is 4.87. The monoisotopic (exact) mass is 402 g/mol. The van der Waals surface area contributed by atoms with Crippen LogP contribution in [0.5, 0.6) is 0 Å². The fourth-order valence-corrected chi connectivity index (χ4v) is 3.11. The first-order valence-electron chi connectivity index (χ1n) is 8.80. The van der Waals surface area contributed by atoms with Gasteiger partial charge >= 0.3 is 5.97 Å². The number of esters is 1. The van der Waals surface area contributed by atoms with Gasteiger partial charge in [-0.3, -0.25) is 19.7 Å². The van der Waals surface area contributed by atoms with E-state index in [4.69, 9.17) is 4.74 Å². The topological polar surface area (TPSA) is 98.5 Å². The van der Waals surface area contributed by atoms with Crippen LogP contribution in [0.1, 0.15) is 18.9 Å². The molecule has 148 valence electrons. The highest BCUT2D eigenvalue weighted by atomic mass is 32.2. The summed E-state index contributed by atoms with van der Waals surface area (Å²) in [6.45, 7) is 1.59. The maximum Gasteiger partial charge on any atom is 0.316 e. The highest BCUT2D eigenvalue weighted by molar-refractivity contribution is 8.00. The van der Waals surface area contributed by atoms with Crippen LogP contribution < -0.4 is 5.32 Å². The van der Waals surface area contributed by atoms with Crippen molar-refractivity contribution in [3.05, 3.63) is 70.3 Å². The number of nitro benzene ring substituents is 1. The molecule has 0 aliphatic heterocycles. The Bertz CT molecular complexity index is 796. The largest absolute Gasteiger partial charge is 0.455 e. The summed E-state index contributed by atoms with van der Waals surface area (Å²) in [6.07, 6.45) is 1.65. The molecular weight excluding hydrogens is 380 g/mol. The molecule has 0 unspecified atom stereocenters. The predicted molar refractivity (Wildman–Crippen MR) is 107 cm³/mol. The number of carbonyl (C=O) groups excluding carboxylic acids is 2. The van der Waals surface area contributed by atoms with E-state index in [1.54, 1.807) is 12.1 Å². The summed E-state index contributed by atoms with van der Waals surface area (Å²) >= 11 is 1.19. The van der Waals surface area contributed by atoms with Crippen LogP contribution in [0.3, 0.4) is 0 Å². The lowest BCUT2D eigenvalue weighted by Gasteiger charge is -2.14. The number of carbonyl (C=O) groups is 2. The lowest BCUT2D eigenvalue weighted by Crippen LogP contribution is -2.36. The fraction of sp³-hybridized carbons (Fsp3) is 0.300. The van der Waals surface area contributed by atoms with E-state index in [9.17, 15) is 19.7 Å². The lowest BCUT2D eigenvalue weighted by atomic mass is 10.1. The summed E-state index contributed by atoms with van der Waals surface area (Å²) < 4.78 is 4.97.